The fraction of sp³-hybridized carbons (Fsp3) is 0.300. The predicted octanol–water partition coefficient (Wildman–Crippen LogP) is 4.45. The summed E-state index contributed by atoms with van der Waals surface area (Å²) in [5.74, 6) is 0.341. The molecule has 0 aliphatic carbocycles. The van der Waals surface area contributed by atoms with Gasteiger partial charge in [-0.1, -0.05) is 44.2 Å². The molecule has 0 heterocycles. The van der Waals surface area contributed by atoms with E-state index in [0.717, 1.165) is 24.4 Å². The van der Waals surface area contributed by atoms with E-state index in [2.05, 4.69) is 41.8 Å². The molecule has 0 aromatic heterocycles. The number of anilines is 1. The number of nitrogens with zero attached hydrogens (tertiary/aromatic N) is 1. The van der Waals surface area contributed by atoms with Gasteiger partial charge in [-0.2, -0.15) is 5.10 Å². The molecule has 2 rings (SSSR count). The average molecular weight is 323 g/mol. The minimum absolute atomic E-state index is 0.187. The second-order valence-electron chi connectivity index (χ2n) is 6.30. The fourth-order valence-electron chi connectivity index (χ4n) is 2.39. The molecule has 0 atom stereocenters. The van der Waals surface area contributed by atoms with Crippen molar-refractivity contribution in [2.75, 3.05) is 5.32 Å². The maximum Gasteiger partial charge on any atom is 0.271 e. The van der Waals surface area contributed by atoms with Gasteiger partial charge in [-0.25, -0.2) is 5.43 Å². The number of amides is 1. The highest BCUT2D eigenvalue weighted by Gasteiger charge is 2.05. The minimum Gasteiger partial charge on any atom is -0.381 e. The molecule has 2 aromatic rings. The number of nitrogens with one attached hydrogen (secondary N) is 2. The molecule has 0 aliphatic rings. The zero-order valence-electron chi connectivity index (χ0n) is 14.5. The Kier molecular flexibility index (Phi) is 6.55. The Morgan fingerprint density at radius 3 is 2.33 bits per heavy atom. The standard InChI is InChI=1S/C20H25N3O/c1-15(2)13-16(3)22-23-20(24)18-9-11-19(12-10-18)21-14-17-7-5-4-6-8-17/h4-12,15,21H,13-14H2,1-3H3,(H,23,24). The Morgan fingerprint density at radius 2 is 1.71 bits per heavy atom. The van der Waals surface area contributed by atoms with Gasteiger partial charge in [0.1, 0.15) is 0 Å². The van der Waals surface area contributed by atoms with Crippen molar-refractivity contribution in [1.82, 2.24) is 5.43 Å². The minimum atomic E-state index is -0.187. The molecule has 4 nitrogen and oxygen atoms in total. The Morgan fingerprint density at radius 1 is 1.04 bits per heavy atom. The molecule has 0 saturated carbocycles. The lowest BCUT2D eigenvalue weighted by Crippen LogP contribution is -2.19. The molecule has 126 valence electrons. The molecule has 0 spiro atoms. The lowest BCUT2D eigenvalue weighted by Gasteiger charge is -2.08. The summed E-state index contributed by atoms with van der Waals surface area (Å²) in [6, 6.07) is 17.6. The first kappa shape index (κ1) is 17.7. The summed E-state index contributed by atoms with van der Waals surface area (Å²) in [6.07, 6.45) is 0.878. The lowest BCUT2D eigenvalue weighted by atomic mass is 10.1. The first-order valence-corrected chi connectivity index (χ1v) is 8.26. The van der Waals surface area contributed by atoms with Crippen LogP contribution < -0.4 is 10.7 Å². The molecule has 0 fully saturated rings. The van der Waals surface area contributed by atoms with Gasteiger partial charge in [0.25, 0.3) is 5.91 Å². The van der Waals surface area contributed by atoms with Crippen LogP contribution in [0.3, 0.4) is 0 Å². The van der Waals surface area contributed by atoms with Gasteiger partial charge >= 0.3 is 0 Å². The van der Waals surface area contributed by atoms with Crippen LogP contribution in [-0.2, 0) is 6.54 Å². The van der Waals surface area contributed by atoms with E-state index in [4.69, 9.17) is 0 Å². The Hall–Kier alpha value is -2.62. The Balaban J connectivity index is 1.88. The summed E-state index contributed by atoms with van der Waals surface area (Å²) >= 11 is 0. The quantitative estimate of drug-likeness (QED) is 0.584. The molecule has 0 bridgehead atoms. The molecule has 0 radical (unpaired) electrons. The van der Waals surface area contributed by atoms with Gasteiger partial charge in [0.15, 0.2) is 0 Å². The van der Waals surface area contributed by atoms with Gasteiger partial charge < -0.3 is 5.32 Å². The number of rotatable bonds is 7. The van der Waals surface area contributed by atoms with E-state index in [1.54, 1.807) is 12.1 Å². The maximum absolute atomic E-state index is 12.1. The molecule has 2 N–H and O–H groups in total. The number of hydrazone groups is 1. The van der Waals surface area contributed by atoms with Crippen LogP contribution >= 0.6 is 0 Å². The van der Waals surface area contributed by atoms with Gasteiger partial charge in [0.2, 0.25) is 0 Å². The molecule has 4 heteroatoms. The predicted molar refractivity (Wildman–Crippen MR) is 100 cm³/mol. The van der Waals surface area contributed by atoms with Crippen molar-refractivity contribution < 1.29 is 4.79 Å². The first-order chi connectivity index (χ1) is 11.5. The summed E-state index contributed by atoms with van der Waals surface area (Å²) in [5, 5.41) is 7.48. The molecule has 24 heavy (non-hydrogen) atoms. The highest BCUT2D eigenvalue weighted by molar-refractivity contribution is 5.95. The highest BCUT2D eigenvalue weighted by atomic mass is 16.2. The van der Waals surface area contributed by atoms with E-state index in [9.17, 15) is 4.79 Å². The van der Waals surface area contributed by atoms with Crippen LogP contribution in [0.2, 0.25) is 0 Å². The number of hydrogen-bond donors (Lipinski definition) is 2. The normalized spacial score (nSPS) is 11.4. The zero-order chi connectivity index (χ0) is 17.4. The van der Waals surface area contributed by atoms with Crippen molar-refractivity contribution in [1.29, 1.82) is 0 Å². The van der Waals surface area contributed by atoms with Crippen LogP contribution in [-0.4, -0.2) is 11.6 Å². The molecule has 0 aliphatic heterocycles. The van der Waals surface area contributed by atoms with E-state index < -0.39 is 0 Å². The third kappa shape index (κ3) is 5.88. The van der Waals surface area contributed by atoms with Crippen LogP contribution in [0, 0.1) is 5.92 Å². The van der Waals surface area contributed by atoms with Gasteiger partial charge in [0.05, 0.1) is 0 Å². The van der Waals surface area contributed by atoms with Crippen molar-refractivity contribution in [3.63, 3.8) is 0 Å². The van der Waals surface area contributed by atoms with E-state index in [0.29, 0.717) is 11.5 Å². The first-order valence-electron chi connectivity index (χ1n) is 8.26. The number of benzene rings is 2. The second-order valence-corrected chi connectivity index (χ2v) is 6.30. The maximum atomic E-state index is 12.1. The van der Waals surface area contributed by atoms with E-state index in [1.807, 2.05) is 37.3 Å². The van der Waals surface area contributed by atoms with E-state index in [-0.39, 0.29) is 5.91 Å². The molecular weight excluding hydrogens is 298 g/mol. The molecular formula is C20H25N3O. The Bertz CT molecular complexity index is 676. The van der Waals surface area contributed by atoms with Gasteiger partial charge in [-0.05, 0) is 49.1 Å². The van der Waals surface area contributed by atoms with Gasteiger partial charge in [-0.15, -0.1) is 0 Å². The van der Waals surface area contributed by atoms with Crippen molar-refractivity contribution in [2.45, 2.75) is 33.7 Å². The lowest BCUT2D eigenvalue weighted by molar-refractivity contribution is 0.0954. The van der Waals surface area contributed by atoms with Gasteiger partial charge in [-0.3, -0.25) is 4.79 Å². The van der Waals surface area contributed by atoms with Crippen molar-refractivity contribution in [3.05, 3.63) is 65.7 Å². The van der Waals surface area contributed by atoms with Crippen LogP contribution in [0.4, 0.5) is 5.69 Å². The largest absolute Gasteiger partial charge is 0.381 e. The molecule has 0 saturated heterocycles. The van der Waals surface area contributed by atoms with Crippen LogP contribution in [0.1, 0.15) is 43.1 Å². The van der Waals surface area contributed by atoms with Crippen molar-refractivity contribution in [3.8, 4) is 0 Å². The SMILES string of the molecule is CC(CC(C)C)=NNC(=O)c1ccc(NCc2ccccc2)cc1. The van der Waals surface area contributed by atoms with Gasteiger partial charge in [0, 0.05) is 23.5 Å². The summed E-state index contributed by atoms with van der Waals surface area (Å²) in [6.45, 7) is 6.94. The molecule has 0 unspecified atom stereocenters. The van der Waals surface area contributed by atoms with Crippen molar-refractivity contribution >= 4 is 17.3 Å². The smallest absolute Gasteiger partial charge is 0.271 e. The highest BCUT2D eigenvalue weighted by Crippen LogP contribution is 2.11. The topological polar surface area (TPSA) is 53.5 Å². The van der Waals surface area contributed by atoms with Crippen molar-refractivity contribution in [2.24, 2.45) is 11.0 Å². The third-order valence-electron chi connectivity index (χ3n) is 3.54. The number of carbonyl (C=O) groups is 1. The van der Waals surface area contributed by atoms with Crippen LogP contribution in [0.25, 0.3) is 0 Å². The summed E-state index contributed by atoms with van der Waals surface area (Å²) in [4.78, 5) is 12.1. The summed E-state index contributed by atoms with van der Waals surface area (Å²) in [7, 11) is 0. The summed E-state index contributed by atoms with van der Waals surface area (Å²) in [5.41, 5.74) is 6.34. The molecule has 2 aromatic carbocycles. The van der Waals surface area contributed by atoms with Crippen LogP contribution in [0.5, 0.6) is 0 Å². The summed E-state index contributed by atoms with van der Waals surface area (Å²) < 4.78 is 0. The monoisotopic (exact) mass is 323 g/mol. The van der Waals surface area contributed by atoms with E-state index in [1.165, 1.54) is 5.56 Å². The second kappa shape index (κ2) is 8.87. The number of carbonyl (C=O) groups excluding carboxylic acids is 1. The zero-order valence-corrected chi connectivity index (χ0v) is 14.5. The number of hydrogen-bond acceptors (Lipinski definition) is 3. The fourth-order valence-corrected chi connectivity index (χ4v) is 2.39. The average Bonchev–Trinajstić information content (AvgIpc) is 2.58. The molecule has 1 amide bonds. The van der Waals surface area contributed by atoms with E-state index >= 15 is 0 Å². The third-order valence-corrected chi connectivity index (χ3v) is 3.54. The Labute approximate surface area is 144 Å². The van der Waals surface area contributed by atoms with Crippen LogP contribution in [0.15, 0.2) is 59.7 Å².